The fraction of sp³-hybridized carbons (Fsp3) is 0.364. The molecule has 0 aliphatic rings. The maximum absolute atomic E-state index is 11.1. The Morgan fingerprint density at radius 3 is 2.94 bits per heavy atom. The summed E-state index contributed by atoms with van der Waals surface area (Å²) in [5.74, 6) is 0. The molecule has 0 fully saturated rings. The lowest BCUT2D eigenvalue weighted by Crippen LogP contribution is -2.13. The minimum absolute atomic E-state index is 0.181. The highest BCUT2D eigenvalue weighted by molar-refractivity contribution is 5.58. The van der Waals surface area contributed by atoms with E-state index in [0.29, 0.717) is 11.3 Å². The van der Waals surface area contributed by atoms with E-state index in [9.17, 15) is 9.90 Å². The molecule has 6 heteroatoms. The standard InChI is InChI=1S/C11H14N4O2/c1-7(2)15-9(3-4-12-15)11-8(6-16)5-10(17)13-14-11/h3-5,7,16H,6H2,1-2H3,(H,13,17). The Kier molecular flexibility index (Phi) is 3.06. The number of rotatable bonds is 3. The van der Waals surface area contributed by atoms with Gasteiger partial charge in [0.15, 0.2) is 0 Å². The number of aromatic amines is 1. The maximum atomic E-state index is 11.1. The number of hydrogen-bond donors (Lipinski definition) is 2. The van der Waals surface area contributed by atoms with Crippen LogP contribution >= 0.6 is 0 Å². The number of nitrogens with zero attached hydrogens (tertiary/aromatic N) is 3. The van der Waals surface area contributed by atoms with Gasteiger partial charge >= 0.3 is 0 Å². The minimum atomic E-state index is -0.326. The third kappa shape index (κ3) is 2.12. The molecule has 0 unspecified atom stereocenters. The van der Waals surface area contributed by atoms with E-state index in [1.54, 1.807) is 16.9 Å². The third-order valence-electron chi connectivity index (χ3n) is 2.46. The van der Waals surface area contributed by atoms with Gasteiger partial charge in [-0.1, -0.05) is 0 Å². The first kappa shape index (κ1) is 11.5. The highest BCUT2D eigenvalue weighted by Gasteiger charge is 2.13. The Morgan fingerprint density at radius 1 is 1.53 bits per heavy atom. The topological polar surface area (TPSA) is 83.8 Å². The zero-order valence-electron chi connectivity index (χ0n) is 9.71. The lowest BCUT2D eigenvalue weighted by atomic mass is 10.1. The van der Waals surface area contributed by atoms with Crippen molar-refractivity contribution >= 4 is 0 Å². The lowest BCUT2D eigenvalue weighted by molar-refractivity contribution is 0.281. The van der Waals surface area contributed by atoms with Gasteiger partial charge in [0.25, 0.3) is 5.56 Å². The molecule has 0 atom stereocenters. The number of aromatic nitrogens is 4. The molecule has 0 aromatic carbocycles. The first-order valence-electron chi connectivity index (χ1n) is 5.37. The second-order valence-corrected chi connectivity index (χ2v) is 4.02. The van der Waals surface area contributed by atoms with Gasteiger partial charge in [0.05, 0.1) is 12.3 Å². The highest BCUT2D eigenvalue weighted by atomic mass is 16.3. The van der Waals surface area contributed by atoms with Gasteiger partial charge in [-0.2, -0.15) is 10.2 Å². The highest BCUT2D eigenvalue weighted by Crippen LogP contribution is 2.22. The summed E-state index contributed by atoms with van der Waals surface area (Å²) in [7, 11) is 0. The van der Waals surface area contributed by atoms with E-state index in [-0.39, 0.29) is 18.2 Å². The van der Waals surface area contributed by atoms with Crippen molar-refractivity contribution in [1.29, 1.82) is 0 Å². The molecule has 0 amide bonds. The molecule has 6 nitrogen and oxygen atoms in total. The van der Waals surface area contributed by atoms with Crippen LogP contribution in [-0.2, 0) is 6.61 Å². The van der Waals surface area contributed by atoms with Crippen molar-refractivity contribution in [1.82, 2.24) is 20.0 Å². The summed E-state index contributed by atoms with van der Waals surface area (Å²) < 4.78 is 1.79. The van der Waals surface area contributed by atoms with Crippen molar-refractivity contribution in [2.75, 3.05) is 0 Å². The predicted molar refractivity (Wildman–Crippen MR) is 62.4 cm³/mol. The van der Waals surface area contributed by atoms with Crippen molar-refractivity contribution in [3.8, 4) is 11.4 Å². The normalized spacial score (nSPS) is 11.1. The molecule has 2 heterocycles. The maximum Gasteiger partial charge on any atom is 0.264 e. The second kappa shape index (κ2) is 4.50. The lowest BCUT2D eigenvalue weighted by Gasteiger charge is -2.11. The SMILES string of the molecule is CC(C)n1nccc1-c1n[nH]c(=O)cc1CO. The van der Waals surface area contributed by atoms with E-state index in [0.717, 1.165) is 5.69 Å². The summed E-state index contributed by atoms with van der Waals surface area (Å²) in [6.45, 7) is 3.77. The molecule has 0 saturated carbocycles. The Morgan fingerprint density at radius 2 is 2.29 bits per heavy atom. The van der Waals surface area contributed by atoms with Crippen molar-refractivity contribution < 1.29 is 5.11 Å². The molecule has 2 aromatic rings. The van der Waals surface area contributed by atoms with Crippen molar-refractivity contribution in [3.63, 3.8) is 0 Å². The van der Waals surface area contributed by atoms with Crippen molar-refractivity contribution in [2.24, 2.45) is 0 Å². The van der Waals surface area contributed by atoms with E-state index < -0.39 is 0 Å². The molecule has 0 saturated heterocycles. The second-order valence-electron chi connectivity index (χ2n) is 4.02. The quantitative estimate of drug-likeness (QED) is 0.819. The average molecular weight is 234 g/mol. The molecule has 0 aliphatic carbocycles. The van der Waals surface area contributed by atoms with Gasteiger partial charge in [-0.05, 0) is 19.9 Å². The van der Waals surface area contributed by atoms with Crippen LogP contribution in [0.4, 0.5) is 0 Å². The van der Waals surface area contributed by atoms with E-state index in [2.05, 4.69) is 15.3 Å². The van der Waals surface area contributed by atoms with Crippen LogP contribution < -0.4 is 5.56 Å². The van der Waals surface area contributed by atoms with Gasteiger partial charge in [0.2, 0.25) is 0 Å². The molecule has 2 rings (SSSR count). The molecule has 0 spiro atoms. The van der Waals surface area contributed by atoms with Crippen LogP contribution in [0.25, 0.3) is 11.4 Å². The third-order valence-corrected chi connectivity index (χ3v) is 2.46. The van der Waals surface area contributed by atoms with Crippen LogP contribution in [0.15, 0.2) is 23.1 Å². The fourth-order valence-corrected chi connectivity index (χ4v) is 1.70. The monoisotopic (exact) mass is 234 g/mol. The summed E-state index contributed by atoms with van der Waals surface area (Å²) in [6.07, 6.45) is 1.67. The summed E-state index contributed by atoms with van der Waals surface area (Å²) in [5.41, 5.74) is 1.50. The van der Waals surface area contributed by atoms with Gasteiger partial charge < -0.3 is 5.11 Å². The molecule has 17 heavy (non-hydrogen) atoms. The van der Waals surface area contributed by atoms with E-state index in [4.69, 9.17) is 0 Å². The number of nitrogens with one attached hydrogen (secondary N) is 1. The van der Waals surface area contributed by atoms with Crippen molar-refractivity contribution in [3.05, 3.63) is 34.2 Å². The zero-order chi connectivity index (χ0) is 12.4. The molecular weight excluding hydrogens is 220 g/mol. The largest absolute Gasteiger partial charge is 0.392 e. The van der Waals surface area contributed by atoms with Crippen LogP contribution in [0.1, 0.15) is 25.5 Å². The Labute approximate surface area is 97.9 Å². The zero-order valence-corrected chi connectivity index (χ0v) is 9.71. The van der Waals surface area contributed by atoms with Crippen LogP contribution in [0, 0.1) is 0 Å². The summed E-state index contributed by atoms with van der Waals surface area (Å²) in [4.78, 5) is 11.1. The summed E-state index contributed by atoms with van der Waals surface area (Å²) >= 11 is 0. The summed E-state index contributed by atoms with van der Waals surface area (Å²) in [5, 5.41) is 19.8. The van der Waals surface area contributed by atoms with E-state index in [1.807, 2.05) is 13.8 Å². The predicted octanol–water partition coefficient (Wildman–Crippen LogP) is 0.707. The molecule has 90 valence electrons. The molecule has 2 aromatic heterocycles. The Balaban J connectivity index is 2.60. The first-order chi connectivity index (χ1) is 8.13. The van der Waals surface area contributed by atoms with Crippen LogP contribution in [0.5, 0.6) is 0 Å². The fourth-order valence-electron chi connectivity index (χ4n) is 1.70. The van der Waals surface area contributed by atoms with Crippen LogP contribution in [0.2, 0.25) is 0 Å². The first-order valence-corrected chi connectivity index (χ1v) is 5.37. The average Bonchev–Trinajstić information content (AvgIpc) is 2.77. The Bertz CT molecular complexity index is 571. The van der Waals surface area contributed by atoms with Crippen molar-refractivity contribution in [2.45, 2.75) is 26.5 Å². The van der Waals surface area contributed by atoms with Gasteiger partial charge in [0, 0.05) is 23.9 Å². The van der Waals surface area contributed by atoms with Crippen LogP contribution in [0.3, 0.4) is 0 Å². The molecule has 0 bridgehead atoms. The van der Waals surface area contributed by atoms with E-state index >= 15 is 0 Å². The number of aliphatic hydroxyl groups excluding tert-OH is 1. The van der Waals surface area contributed by atoms with Gasteiger partial charge in [-0.25, -0.2) is 5.10 Å². The Hall–Kier alpha value is -1.95. The van der Waals surface area contributed by atoms with E-state index in [1.165, 1.54) is 6.07 Å². The number of hydrogen-bond acceptors (Lipinski definition) is 4. The molecule has 2 N–H and O–H groups in total. The minimum Gasteiger partial charge on any atom is -0.392 e. The molecular formula is C11H14N4O2. The molecule has 0 radical (unpaired) electrons. The van der Waals surface area contributed by atoms with Gasteiger partial charge in [-0.3, -0.25) is 9.48 Å². The smallest absolute Gasteiger partial charge is 0.264 e. The van der Waals surface area contributed by atoms with Gasteiger partial charge in [0.1, 0.15) is 5.69 Å². The molecule has 0 aliphatic heterocycles. The van der Waals surface area contributed by atoms with Gasteiger partial charge in [-0.15, -0.1) is 0 Å². The summed E-state index contributed by atoms with van der Waals surface area (Å²) in [6, 6.07) is 3.33. The van der Waals surface area contributed by atoms with Crippen LogP contribution in [-0.4, -0.2) is 25.1 Å². The number of aliphatic hydroxyl groups is 1. The number of H-pyrrole nitrogens is 1.